The zero-order valence-corrected chi connectivity index (χ0v) is 10.6. The lowest BCUT2D eigenvalue weighted by Crippen LogP contribution is -2.26. The summed E-state index contributed by atoms with van der Waals surface area (Å²) in [6.07, 6.45) is 0. The van der Waals surface area contributed by atoms with Crippen molar-refractivity contribution >= 4 is 22.9 Å². The first-order chi connectivity index (χ1) is 9.79. The van der Waals surface area contributed by atoms with E-state index < -0.39 is 0 Å². The topological polar surface area (TPSA) is 64.9 Å². The minimum Gasteiger partial charge on any atom is -0.348 e. The summed E-state index contributed by atoms with van der Waals surface area (Å²) in [5.74, 6) is -0.302. The van der Waals surface area contributed by atoms with Crippen LogP contribution in [0.4, 0.5) is 11.4 Å². The molecule has 1 amide bonds. The molecule has 1 aliphatic heterocycles. The molecule has 0 radical (unpaired) electrons. The number of allylic oxidation sites excluding steroid dienone is 1. The molecule has 20 heavy (non-hydrogen) atoms. The lowest BCUT2D eigenvalue weighted by atomic mass is 10.0. The van der Waals surface area contributed by atoms with Gasteiger partial charge < -0.3 is 10.6 Å². The summed E-state index contributed by atoms with van der Waals surface area (Å²) in [4.78, 5) is 12.1. The highest BCUT2D eigenvalue weighted by Gasteiger charge is 2.23. The number of nitrogens with one attached hydrogen (secondary N) is 2. The fourth-order valence-electron chi connectivity index (χ4n) is 2.12. The molecule has 3 rings (SSSR count). The van der Waals surface area contributed by atoms with Crippen molar-refractivity contribution in [3.05, 3.63) is 65.9 Å². The number of para-hydroxylation sites is 2. The first-order valence-electron chi connectivity index (χ1n) is 6.17. The molecule has 2 aromatic carbocycles. The van der Waals surface area contributed by atoms with Crippen molar-refractivity contribution in [2.75, 3.05) is 10.6 Å². The first-order valence-corrected chi connectivity index (χ1v) is 6.17. The van der Waals surface area contributed by atoms with Crippen molar-refractivity contribution in [3.63, 3.8) is 0 Å². The lowest BCUT2D eigenvalue weighted by Gasteiger charge is -2.22. The number of hydrogen-bond acceptors (Lipinski definition) is 3. The Labute approximate surface area is 116 Å². The number of fused-ring (bicyclic) bond motifs is 1. The number of carbonyl (C=O) groups excluding carboxylic acids is 1. The molecule has 0 bridgehead atoms. The van der Waals surface area contributed by atoms with Crippen LogP contribution < -0.4 is 10.6 Å². The predicted octanol–water partition coefficient (Wildman–Crippen LogP) is 2.99. The molecule has 1 aliphatic rings. The molecule has 2 N–H and O–H groups in total. The zero-order valence-electron chi connectivity index (χ0n) is 10.6. The number of anilines is 2. The van der Waals surface area contributed by atoms with Crippen LogP contribution in [0, 0.1) is 11.3 Å². The van der Waals surface area contributed by atoms with Crippen molar-refractivity contribution in [3.8, 4) is 6.07 Å². The average Bonchev–Trinajstić information content (AvgIpc) is 2.49. The fourth-order valence-corrected chi connectivity index (χ4v) is 2.12. The minimum atomic E-state index is -0.302. The number of benzene rings is 2. The molecular formula is C16H11N3O. The Morgan fingerprint density at radius 1 is 0.900 bits per heavy atom. The Balaban J connectivity index is 2.12. The Morgan fingerprint density at radius 3 is 2.15 bits per heavy atom. The normalized spacial score (nSPS) is 15.4. The van der Waals surface area contributed by atoms with Crippen molar-refractivity contribution in [2.24, 2.45) is 0 Å². The van der Waals surface area contributed by atoms with Gasteiger partial charge in [-0.3, -0.25) is 4.79 Å². The standard InChI is InChI=1S/C16H11N3O/c17-10-12(11-6-2-1-3-7-11)15-16(20)19-14-9-5-4-8-13(14)18-15/h1-9,18H,(H,19,20)/b15-12-. The van der Waals surface area contributed by atoms with E-state index in [9.17, 15) is 10.1 Å². The van der Waals surface area contributed by atoms with Crippen molar-refractivity contribution in [1.29, 1.82) is 5.26 Å². The van der Waals surface area contributed by atoms with Crippen molar-refractivity contribution < 1.29 is 4.79 Å². The van der Waals surface area contributed by atoms with E-state index in [-0.39, 0.29) is 11.6 Å². The molecule has 4 nitrogen and oxygen atoms in total. The van der Waals surface area contributed by atoms with Gasteiger partial charge in [-0.25, -0.2) is 0 Å². The van der Waals surface area contributed by atoms with E-state index in [2.05, 4.69) is 16.7 Å². The molecular weight excluding hydrogens is 250 g/mol. The summed E-state index contributed by atoms with van der Waals surface area (Å²) in [5.41, 5.74) is 2.82. The van der Waals surface area contributed by atoms with Gasteiger partial charge in [0.15, 0.2) is 0 Å². The first kappa shape index (κ1) is 12.0. The van der Waals surface area contributed by atoms with E-state index in [0.29, 0.717) is 16.8 Å². The maximum Gasteiger partial charge on any atom is 0.273 e. The van der Waals surface area contributed by atoms with Crippen LogP contribution in [-0.2, 0) is 4.79 Å². The SMILES string of the molecule is N#C/C(=C1/Nc2ccccc2NC1=O)c1ccccc1. The quantitative estimate of drug-likeness (QED) is 0.612. The van der Waals surface area contributed by atoms with Crippen molar-refractivity contribution in [2.45, 2.75) is 0 Å². The van der Waals surface area contributed by atoms with Gasteiger partial charge in [0.2, 0.25) is 0 Å². The van der Waals surface area contributed by atoms with Crippen LogP contribution in [0.1, 0.15) is 5.56 Å². The molecule has 0 unspecified atom stereocenters. The van der Waals surface area contributed by atoms with E-state index in [0.717, 1.165) is 5.69 Å². The number of nitriles is 1. The molecule has 4 heteroatoms. The van der Waals surface area contributed by atoms with Crippen LogP contribution >= 0.6 is 0 Å². The third-order valence-corrected chi connectivity index (χ3v) is 3.09. The van der Waals surface area contributed by atoms with Crippen LogP contribution in [0.15, 0.2) is 60.3 Å². The van der Waals surface area contributed by atoms with Crippen molar-refractivity contribution in [1.82, 2.24) is 0 Å². The number of rotatable bonds is 1. The fraction of sp³-hybridized carbons (Fsp3) is 0. The van der Waals surface area contributed by atoms with E-state index in [4.69, 9.17) is 0 Å². The highest BCUT2D eigenvalue weighted by atomic mass is 16.2. The maximum absolute atomic E-state index is 12.1. The van der Waals surface area contributed by atoms with Gasteiger partial charge in [-0.2, -0.15) is 5.26 Å². The molecule has 0 aromatic heterocycles. The second-order valence-electron chi connectivity index (χ2n) is 4.35. The third-order valence-electron chi connectivity index (χ3n) is 3.09. The largest absolute Gasteiger partial charge is 0.348 e. The van der Waals surface area contributed by atoms with Gasteiger partial charge in [-0.15, -0.1) is 0 Å². The summed E-state index contributed by atoms with van der Waals surface area (Å²) in [7, 11) is 0. The molecule has 2 aromatic rings. The van der Waals surface area contributed by atoms with E-state index in [1.165, 1.54) is 0 Å². The number of hydrogen-bond donors (Lipinski definition) is 2. The Kier molecular flexibility index (Phi) is 2.94. The monoisotopic (exact) mass is 261 g/mol. The molecule has 0 saturated heterocycles. The summed E-state index contributed by atoms with van der Waals surface area (Å²) in [6, 6.07) is 18.6. The van der Waals surface area contributed by atoms with E-state index in [1.54, 1.807) is 12.1 Å². The molecule has 0 aliphatic carbocycles. The third kappa shape index (κ3) is 2.02. The van der Waals surface area contributed by atoms with Gasteiger partial charge in [0.1, 0.15) is 11.8 Å². The number of nitrogens with zero attached hydrogens (tertiary/aromatic N) is 1. The zero-order chi connectivity index (χ0) is 13.9. The Morgan fingerprint density at radius 2 is 1.50 bits per heavy atom. The van der Waals surface area contributed by atoms with Crippen LogP contribution in [-0.4, -0.2) is 5.91 Å². The molecule has 0 saturated carbocycles. The maximum atomic E-state index is 12.1. The molecule has 1 heterocycles. The molecule has 96 valence electrons. The summed E-state index contributed by atoms with van der Waals surface area (Å²) in [5, 5.41) is 15.2. The van der Waals surface area contributed by atoms with Crippen LogP contribution in [0.25, 0.3) is 5.57 Å². The van der Waals surface area contributed by atoms with Gasteiger partial charge in [-0.1, -0.05) is 42.5 Å². The molecule has 0 fully saturated rings. The second-order valence-corrected chi connectivity index (χ2v) is 4.35. The van der Waals surface area contributed by atoms with E-state index in [1.807, 2.05) is 42.5 Å². The summed E-state index contributed by atoms with van der Waals surface area (Å²) in [6.45, 7) is 0. The van der Waals surface area contributed by atoms with Gasteiger partial charge in [0.25, 0.3) is 5.91 Å². The summed E-state index contributed by atoms with van der Waals surface area (Å²) < 4.78 is 0. The van der Waals surface area contributed by atoms with Gasteiger partial charge in [-0.05, 0) is 17.7 Å². The van der Waals surface area contributed by atoms with E-state index >= 15 is 0 Å². The minimum absolute atomic E-state index is 0.275. The van der Waals surface area contributed by atoms with Crippen LogP contribution in [0.3, 0.4) is 0 Å². The second kappa shape index (κ2) is 4.90. The average molecular weight is 261 g/mol. The number of carbonyl (C=O) groups is 1. The van der Waals surface area contributed by atoms with Crippen LogP contribution in [0.2, 0.25) is 0 Å². The molecule has 0 spiro atoms. The van der Waals surface area contributed by atoms with Crippen LogP contribution in [0.5, 0.6) is 0 Å². The van der Waals surface area contributed by atoms with Gasteiger partial charge in [0, 0.05) is 0 Å². The Hall–Kier alpha value is -3.06. The number of amides is 1. The highest BCUT2D eigenvalue weighted by Crippen LogP contribution is 2.30. The summed E-state index contributed by atoms with van der Waals surface area (Å²) >= 11 is 0. The van der Waals surface area contributed by atoms with Gasteiger partial charge in [0.05, 0.1) is 16.9 Å². The highest BCUT2D eigenvalue weighted by molar-refractivity contribution is 6.16. The smallest absolute Gasteiger partial charge is 0.273 e. The lowest BCUT2D eigenvalue weighted by molar-refractivity contribution is -0.112. The van der Waals surface area contributed by atoms with Gasteiger partial charge >= 0.3 is 0 Å². The Bertz CT molecular complexity index is 742. The predicted molar refractivity (Wildman–Crippen MR) is 77.7 cm³/mol. The molecule has 0 atom stereocenters.